The molecular formula is C27H31F3N4O3. The minimum atomic E-state index is -4.39. The number of hydrogen-bond donors (Lipinski definition) is 0. The van der Waals surface area contributed by atoms with Gasteiger partial charge in [0, 0.05) is 44.5 Å². The van der Waals surface area contributed by atoms with Gasteiger partial charge in [0.25, 0.3) is 5.56 Å². The van der Waals surface area contributed by atoms with Crippen molar-refractivity contribution < 1.29 is 17.9 Å². The van der Waals surface area contributed by atoms with Crippen molar-refractivity contribution in [2.75, 3.05) is 44.2 Å². The summed E-state index contributed by atoms with van der Waals surface area (Å²) in [5, 5.41) is 0. The van der Waals surface area contributed by atoms with E-state index in [4.69, 9.17) is 4.74 Å². The fraction of sp³-hybridized carbons (Fsp3) is 0.407. The van der Waals surface area contributed by atoms with Crippen molar-refractivity contribution in [3.63, 3.8) is 0 Å². The Labute approximate surface area is 213 Å². The fourth-order valence-corrected chi connectivity index (χ4v) is 4.55. The third kappa shape index (κ3) is 7.03. The van der Waals surface area contributed by atoms with Crippen molar-refractivity contribution >= 4 is 5.69 Å². The molecule has 1 fully saturated rings. The number of aromatic nitrogens is 2. The van der Waals surface area contributed by atoms with E-state index in [0.717, 1.165) is 5.56 Å². The Kier molecular flexibility index (Phi) is 8.38. The molecule has 2 aromatic carbocycles. The first-order valence-corrected chi connectivity index (χ1v) is 12.3. The maximum atomic E-state index is 13.0. The van der Waals surface area contributed by atoms with Gasteiger partial charge in [-0.1, -0.05) is 42.5 Å². The first-order valence-electron chi connectivity index (χ1n) is 12.3. The molecular weight excluding hydrogens is 485 g/mol. The van der Waals surface area contributed by atoms with Gasteiger partial charge < -0.3 is 9.64 Å². The van der Waals surface area contributed by atoms with Gasteiger partial charge in [0.2, 0.25) is 0 Å². The van der Waals surface area contributed by atoms with Crippen LogP contribution in [0.2, 0.25) is 0 Å². The molecule has 0 N–H and O–H groups in total. The highest BCUT2D eigenvalue weighted by Crippen LogP contribution is 2.30. The van der Waals surface area contributed by atoms with Gasteiger partial charge in [-0.2, -0.15) is 13.2 Å². The van der Waals surface area contributed by atoms with Crippen LogP contribution in [0.4, 0.5) is 18.9 Å². The van der Waals surface area contributed by atoms with Crippen LogP contribution in [-0.2, 0) is 13.1 Å². The Hall–Kier alpha value is -3.53. The van der Waals surface area contributed by atoms with Crippen molar-refractivity contribution in [3.05, 3.63) is 92.8 Å². The second-order valence-corrected chi connectivity index (χ2v) is 9.22. The van der Waals surface area contributed by atoms with Crippen LogP contribution >= 0.6 is 0 Å². The summed E-state index contributed by atoms with van der Waals surface area (Å²) in [5.41, 5.74) is 1.57. The number of ether oxygens (including phenoxy) is 1. The number of rotatable bonds is 9. The summed E-state index contributed by atoms with van der Waals surface area (Å²) in [6, 6.07) is 16.4. The van der Waals surface area contributed by atoms with Crippen molar-refractivity contribution in [2.24, 2.45) is 0 Å². The van der Waals surface area contributed by atoms with E-state index in [1.54, 1.807) is 42.0 Å². The van der Waals surface area contributed by atoms with Crippen LogP contribution in [0.25, 0.3) is 0 Å². The van der Waals surface area contributed by atoms with Gasteiger partial charge in [0.05, 0.1) is 12.2 Å². The van der Waals surface area contributed by atoms with Gasteiger partial charge in [-0.3, -0.25) is 18.8 Å². The molecule has 4 rings (SSSR count). The second kappa shape index (κ2) is 11.7. The summed E-state index contributed by atoms with van der Waals surface area (Å²) in [4.78, 5) is 29.9. The minimum absolute atomic E-state index is 0.221. The molecule has 0 aliphatic carbocycles. The lowest BCUT2D eigenvalue weighted by Crippen LogP contribution is -2.47. The number of anilines is 1. The molecule has 0 bridgehead atoms. The third-order valence-electron chi connectivity index (χ3n) is 6.43. The first kappa shape index (κ1) is 26.5. The van der Waals surface area contributed by atoms with Gasteiger partial charge in [0.15, 0.2) is 6.61 Å². The summed E-state index contributed by atoms with van der Waals surface area (Å²) in [6.45, 7) is 4.53. The van der Waals surface area contributed by atoms with Crippen LogP contribution in [0.5, 0.6) is 5.75 Å². The van der Waals surface area contributed by atoms with Crippen molar-refractivity contribution in [2.45, 2.75) is 32.6 Å². The number of halogens is 3. The van der Waals surface area contributed by atoms with Crippen LogP contribution in [0.15, 0.2) is 70.4 Å². The monoisotopic (exact) mass is 516 g/mol. The molecule has 1 aliphatic heterocycles. The van der Waals surface area contributed by atoms with E-state index in [1.807, 2.05) is 35.2 Å². The summed E-state index contributed by atoms with van der Waals surface area (Å²) >= 11 is 0. The van der Waals surface area contributed by atoms with Gasteiger partial charge in [-0.05, 0) is 37.6 Å². The number of hydrogen-bond acceptors (Lipinski definition) is 5. The summed E-state index contributed by atoms with van der Waals surface area (Å²) < 4.78 is 45.7. The topological polar surface area (TPSA) is 59.7 Å². The van der Waals surface area contributed by atoms with Crippen LogP contribution in [0.1, 0.15) is 17.5 Å². The Balaban J connectivity index is 1.33. The molecule has 1 aromatic heterocycles. The Morgan fingerprint density at radius 2 is 1.57 bits per heavy atom. The van der Waals surface area contributed by atoms with Crippen LogP contribution in [0, 0.1) is 6.92 Å². The van der Waals surface area contributed by atoms with E-state index in [9.17, 15) is 22.8 Å². The lowest BCUT2D eigenvalue weighted by molar-refractivity contribution is -0.153. The van der Waals surface area contributed by atoms with Crippen LogP contribution in [0.3, 0.4) is 0 Å². The van der Waals surface area contributed by atoms with E-state index < -0.39 is 12.8 Å². The van der Waals surface area contributed by atoms with Gasteiger partial charge in [-0.15, -0.1) is 0 Å². The lowest BCUT2D eigenvalue weighted by Gasteiger charge is -2.36. The van der Waals surface area contributed by atoms with E-state index in [0.29, 0.717) is 63.5 Å². The number of aryl methyl sites for hydroxylation is 1. The predicted octanol–water partition coefficient (Wildman–Crippen LogP) is 3.52. The Bertz CT molecular complexity index is 1300. The normalized spacial score (nSPS) is 14.6. The molecule has 0 spiro atoms. The smallest absolute Gasteiger partial charge is 0.422 e. The molecule has 0 unspecified atom stereocenters. The maximum absolute atomic E-state index is 13.0. The molecule has 0 radical (unpaired) electrons. The van der Waals surface area contributed by atoms with Gasteiger partial charge in [0.1, 0.15) is 5.75 Å². The molecule has 3 aromatic rings. The zero-order valence-corrected chi connectivity index (χ0v) is 20.8. The number of piperazine rings is 1. The number of alkyl halides is 3. The molecule has 1 saturated heterocycles. The average molecular weight is 517 g/mol. The molecule has 0 amide bonds. The van der Waals surface area contributed by atoms with Crippen LogP contribution < -0.4 is 20.9 Å². The quantitative estimate of drug-likeness (QED) is 0.436. The zero-order chi connectivity index (χ0) is 26.4. The highest BCUT2D eigenvalue weighted by Gasteiger charge is 2.29. The highest BCUT2D eigenvalue weighted by atomic mass is 19.4. The molecule has 0 atom stereocenters. The molecule has 7 nitrogen and oxygen atoms in total. The fourth-order valence-electron chi connectivity index (χ4n) is 4.55. The van der Waals surface area contributed by atoms with Gasteiger partial charge >= 0.3 is 11.9 Å². The minimum Gasteiger partial charge on any atom is -0.482 e. The molecule has 37 heavy (non-hydrogen) atoms. The maximum Gasteiger partial charge on any atom is 0.422 e. The van der Waals surface area contributed by atoms with Crippen molar-refractivity contribution in [1.29, 1.82) is 0 Å². The molecule has 10 heteroatoms. The second-order valence-electron chi connectivity index (χ2n) is 9.22. The first-order chi connectivity index (χ1) is 17.7. The van der Waals surface area contributed by atoms with Crippen molar-refractivity contribution in [3.8, 4) is 5.75 Å². The molecule has 2 heterocycles. The summed E-state index contributed by atoms with van der Waals surface area (Å²) in [7, 11) is 0. The Morgan fingerprint density at radius 3 is 2.27 bits per heavy atom. The van der Waals surface area contributed by atoms with E-state index in [-0.39, 0.29) is 17.0 Å². The van der Waals surface area contributed by atoms with Crippen molar-refractivity contribution in [1.82, 2.24) is 14.0 Å². The van der Waals surface area contributed by atoms with E-state index in [1.165, 1.54) is 4.57 Å². The molecule has 0 saturated carbocycles. The molecule has 198 valence electrons. The summed E-state index contributed by atoms with van der Waals surface area (Å²) in [5.74, 6) is 0.221. The van der Waals surface area contributed by atoms with Crippen LogP contribution in [-0.4, -0.2) is 59.5 Å². The number of benzene rings is 2. The lowest BCUT2D eigenvalue weighted by atomic mass is 10.2. The molecule has 1 aliphatic rings. The zero-order valence-electron chi connectivity index (χ0n) is 20.8. The largest absolute Gasteiger partial charge is 0.482 e. The third-order valence-corrected chi connectivity index (χ3v) is 6.43. The van der Waals surface area contributed by atoms with E-state index >= 15 is 0 Å². The number of para-hydroxylation sites is 2. The van der Waals surface area contributed by atoms with E-state index in [2.05, 4.69) is 4.90 Å². The Morgan fingerprint density at radius 1 is 0.892 bits per heavy atom. The summed E-state index contributed by atoms with van der Waals surface area (Å²) in [6.07, 6.45) is -2.14. The van der Waals surface area contributed by atoms with Gasteiger partial charge in [-0.25, -0.2) is 4.79 Å². The standard InChI is InChI=1S/C27H31F3N4O3/c1-21-18-33(19-22-8-3-2-4-9-22)26(36)34(25(21)35)13-7-12-31-14-16-32(17-15-31)23-10-5-6-11-24(23)37-20-27(28,29)30/h2-6,8-11,18H,7,12-17,19-20H2,1H3. The number of nitrogens with zero attached hydrogens (tertiary/aromatic N) is 4. The predicted molar refractivity (Wildman–Crippen MR) is 137 cm³/mol. The highest BCUT2D eigenvalue weighted by molar-refractivity contribution is 5.58. The SMILES string of the molecule is Cc1cn(Cc2ccccc2)c(=O)n(CCCN2CCN(c3ccccc3OCC(F)(F)F)CC2)c1=O. The average Bonchev–Trinajstić information content (AvgIpc) is 2.89.